The lowest BCUT2D eigenvalue weighted by Crippen LogP contribution is -2.32. The smallest absolute Gasteiger partial charge is 0.282 e. The minimum Gasteiger partial charge on any atom is -0.494 e. The van der Waals surface area contributed by atoms with E-state index in [2.05, 4.69) is 5.32 Å². The van der Waals surface area contributed by atoms with Gasteiger partial charge in [0.25, 0.3) is 11.8 Å². The Labute approximate surface area is 185 Å². The molecule has 2 amide bonds. The molecule has 0 atom stereocenters. The average molecular weight is 433 g/mol. The van der Waals surface area contributed by atoms with E-state index in [4.69, 9.17) is 16.3 Å². The van der Waals surface area contributed by atoms with Gasteiger partial charge in [0.2, 0.25) is 0 Å². The fourth-order valence-corrected chi connectivity index (χ4v) is 3.63. The predicted octanol–water partition coefficient (Wildman–Crippen LogP) is 5.44. The van der Waals surface area contributed by atoms with Crippen molar-refractivity contribution >= 4 is 40.4 Å². The fraction of sp³-hybridized carbons (Fsp3) is 0.120. The van der Waals surface area contributed by atoms with Crippen LogP contribution in [-0.2, 0) is 9.59 Å². The van der Waals surface area contributed by atoms with Gasteiger partial charge in [0, 0.05) is 16.8 Å². The summed E-state index contributed by atoms with van der Waals surface area (Å²) in [5, 5.41) is 3.70. The van der Waals surface area contributed by atoms with Crippen LogP contribution in [0.15, 0.2) is 78.5 Å². The molecule has 6 heteroatoms. The molecular formula is C25H21ClN2O3. The summed E-state index contributed by atoms with van der Waals surface area (Å²) < 4.78 is 5.55. The third kappa shape index (κ3) is 4.18. The van der Waals surface area contributed by atoms with E-state index in [0.717, 1.165) is 5.56 Å². The molecule has 0 bridgehead atoms. The van der Waals surface area contributed by atoms with Gasteiger partial charge in [0.05, 0.1) is 17.9 Å². The average Bonchev–Trinajstić information content (AvgIpc) is 2.99. The Balaban J connectivity index is 1.80. The first-order valence-electron chi connectivity index (χ1n) is 9.93. The zero-order valence-electron chi connectivity index (χ0n) is 17.2. The van der Waals surface area contributed by atoms with E-state index in [1.807, 2.05) is 50.2 Å². The van der Waals surface area contributed by atoms with Crippen molar-refractivity contribution in [2.75, 3.05) is 16.8 Å². The van der Waals surface area contributed by atoms with Crippen LogP contribution in [0.3, 0.4) is 0 Å². The molecule has 0 saturated heterocycles. The normalized spacial score (nSPS) is 13.7. The second-order valence-electron chi connectivity index (χ2n) is 7.13. The third-order valence-electron chi connectivity index (χ3n) is 4.89. The standard InChI is InChI=1S/C25H21ClN2O3/c1-3-31-21-9-5-7-19(15-21)27-23-22(17-10-12-18(26)13-11-17)24(29)28(25(23)30)20-8-4-6-16(2)14-20/h4-15,27H,3H2,1-2H3. The number of halogens is 1. The van der Waals surface area contributed by atoms with Crippen molar-refractivity contribution in [3.8, 4) is 5.75 Å². The first-order chi connectivity index (χ1) is 15.0. The molecule has 4 rings (SSSR count). The Hall–Kier alpha value is -3.57. The minimum absolute atomic E-state index is 0.211. The summed E-state index contributed by atoms with van der Waals surface area (Å²) in [7, 11) is 0. The number of ether oxygens (including phenoxy) is 1. The summed E-state index contributed by atoms with van der Waals surface area (Å²) in [5.41, 5.74) is 3.26. The number of imide groups is 1. The zero-order valence-corrected chi connectivity index (χ0v) is 17.9. The van der Waals surface area contributed by atoms with Gasteiger partial charge in [-0.15, -0.1) is 0 Å². The highest BCUT2D eigenvalue weighted by atomic mass is 35.5. The third-order valence-corrected chi connectivity index (χ3v) is 5.14. The molecule has 0 radical (unpaired) electrons. The van der Waals surface area contributed by atoms with Crippen LogP contribution in [0.2, 0.25) is 5.02 Å². The maximum Gasteiger partial charge on any atom is 0.282 e. The maximum atomic E-state index is 13.4. The molecule has 156 valence electrons. The van der Waals surface area contributed by atoms with Gasteiger partial charge in [0.1, 0.15) is 11.4 Å². The van der Waals surface area contributed by atoms with Crippen LogP contribution in [0.25, 0.3) is 5.57 Å². The molecule has 1 aliphatic rings. The van der Waals surface area contributed by atoms with E-state index >= 15 is 0 Å². The summed E-state index contributed by atoms with van der Waals surface area (Å²) >= 11 is 6.03. The van der Waals surface area contributed by atoms with E-state index in [1.165, 1.54) is 4.90 Å². The van der Waals surface area contributed by atoms with Gasteiger partial charge in [-0.25, -0.2) is 4.90 Å². The number of anilines is 2. The summed E-state index contributed by atoms with van der Waals surface area (Å²) in [4.78, 5) is 28.1. The number of hydrogen-bond donors (Lipinski definition) is 1. The van der Waals surface area contributed by atoms with E-state index in [0.29, 0.717) is 39.9 Å². The van der Waals surface area contributed by atoms with Gasteiger partial charge in [-0.3, -0.25) is 9.59 Å². The number of hydrogen-bond acceptors (Lipinski definition) is 4. The van der Waals surface area contributed by atoms with Crippen molar-refractivity contribution in [2.45, 2.75) is 13.8 Å². The highest BCUT2D eigenvalue weighted by Gasteiger charge is 2.40. The largest absolute Gasteiger partial charge is 0.494 e. The molecule has 0 aromatic heterocycles. The van der Waals surface area contributed by atoms with Crippen molar-refractivity contribution in [1.82, 2.24) is 0 Å². The van der Waals surface area contributed by atoms with Crippen molar-refractivity contribution < 1.29 is 14.3 Å². The summed E-state index contributed by atoms with van der Waals surface area (Å²) in [6.45, 7) is 4.35. The van der Waals surface area contributed by atoms with Crippen molar-refractivity contribution in [3.63, 3.8) is 0 Å². The van der Waals surface area contributed by atoms with E-state index in [9.17, 15) is 9.59 Å². The molecule has 0 unspecified atom stereocenters. The number of carbonyl (C=O) groups is 2. The van der Waals surface area contributed by atoms with Gasteiger partial charge in [0.15, 0.2) is 0 Å². The fourth-order valence-electron chi connectivity index (χ4n) is 3.51. The first kappa shape index (κ1) is 20.7. The summed E-state index contributed by atoms with van der Waals surface area (Å²) in [6.07, 6.45) is 0. The topological polar surface area (TPSA) is 58.6 Å². The van der Waals surface area contributed by atoms with Crippen LogP contribution in [0.5, 0.6) is 5.75 Å². The summed E-state index contributed by atoms with van der Waals surface area (Å²) in [6, 6.07) is 21.5. The van der Waals surface area contributed by atoms with Crippen molar-refractivity contribution in [3.05, 3.63) is 94.6 Å². The van der Waals surface area contributed by atoms with Gasteiger partial charge >= 0.3 is 0 Å². The lowest BCUT2D eigenvalue weighted by molar-refractivity contribution is -0.120. The number of amides is 2. The summed E-state index contributed by atoms with van der Waals surface area (Å²) in [5.74, 6) is -0.128. The highest BCUT2D eigenvalue weighted by Crippen LogP contribution is 2.34. The van der Waals surface area contributed by atoms with Gasteiger partial charge < -0.3 is 10.1 Å². The van der Waals surface area contributed by atoms with Gasteiger partial charge in [-0.2, -0.15) is 0 Å². The lowest BCUT2D eigenvalue weighted by Gasteiger charge is -2.16. The molecule has 5 nitrogen and oxygen atoms in total. The molecule has 3 aromatic rings. The maximum absolute atomic E-state index is 13.4. The van der Waals surface area contributed by atoms with Gasteiger partial charge in [-0.1, -0.05) is 41.9 Å². The van der Waals surface area contributed by atoms with Crippen molar-refractivity contribution in [2.24, 2.45) is 0 Å². The Morgan fingerprint density at radius 3 is 2.39 bits per heavy atom. The van der Waals surface area contributed by atoms with Crippen LogP contribution >= 0.6 is 11.6 Å². The number of rotatable bonds is 6. The quantitative estimate of drug-likeness (QED) is 0.526. The molecule has 0 fully saturated rings. The van der Waals surface area contributed by atoms with E-state index < -0.39 is 5.91 Å². The second kappa shape index (κ2) is 8.66. The van der Waals surface area contributed by atoms with Crippen LogP contribution < -0.4 is 15.0 Å². The van der Waals surface area contributed by atoms with Crippen LogP contribution in [0, 0.1) is 6.92 Å². The van der Waals surface area contributed by atoms with E-state index in [-0.39, 0.29) is 11.6 Å². The lowest BCUT2D eigenvalue weighted by atomic mass is 10.0. The van der Waals surface area contributed by atoms with Crippen molar-refractivity contribution in [1.29, 1.82) is 0 Å². The number of nitrogens with zero attached hydrogens (tertiary/aromatic N) is 1. The molecular weight excluding hydrogens is 412 g/mol. The molecule has 3 aromatic carbocycles. The molecule has 1 heterocycles. The monoisotopic (exact) mass is 432 g/mol. The van der Waals surface area contributed by atoms with Crippen LogP contribution in [-0.4, -0.2) is 18.4 Å². The molecule has 31 heavy (non-hydrogen) atoms. The van der Waals surface area contributed by atoms with Crippen LogP contribution in [0.4, 0.5) is 11.4 Å². The van der Waals surface area contributed by atoms with Gasteiger partial charge in [-0.05, 0) is 61.4 Å². The highest BCUT2D eigenvalue weighted by molar-refractivity contribution is 6.46. The SMILES string of the molecule is CCOc1cccc(NC2=C(c3ccc(Cl)cc3)C(=O)N(c3cccc(C)c3)C2=O)c1. The Bertz CT molecular complexity index is 1190. The number of nitrogens with one attached hydrogen (secondary N) is 1. The molecule has 1 N–H and O–H groups in total. The zero-order chi connectivity index (χ0) is 22.0. The Morgan fingerprint density at radius 1 is 0.935 bits per heavy atom. The first-order valence-corrected chi connectivity index (χ1v) is 10.3. The Kier molecular flexibility index (Phi) is 5.78. The minimum atomic E-state index is -0.414. The molecule has 1 aliphatic heterocycles. The number of aryl methyl sites for hydroxylation is 1. The molecule has 0 aliphatic carbocycles. The molecule has 0 saturated carbocycles. The number of benzene rings is 3. The molecule has 0 spiro atoms. The predicted molar refractivity (Wildman–Crippen MR) is 123 cm³/mol. The second-order valence-corrected chi connectivity index (χ2v) is 7.56. The number of carbonyl (C=O) groups excluding carboxylic acids is 2. The van der Waals surface area contributed by atoms with E-state index in [1.54, 1.807) is 36.4 Å². The van der Waals surface area contributed by atoms with Crippen LogP contribution in [0.1, 0.15) is 18.1 Å². The Morgan fingerprint density at radius 2 is 1.68 bits per heavy atom.